The van der Waals surface area contributed by atoms with E-state index < -0.39 is 0 Å². The molecule has 0 amide bonds. The molecule has 0 unspecified atom stereocenters. The zero-order valence-corrected chi connectivity index (χ0v) is 21.0. The van der Waals surface area contributed by atoms with Crippen LogP contribution in [0.1, 0.15) is 0 Å². The maximum absolute atomic E-state index is 2.35. The molecule has 0 fully saturated rings. The van der Waals surface area contributed by atoms with Crippen LogP contribution in [0.3, 0.4) is 0 Å². The monoisotopic (exact) mass is 466 g/mol. The first-order chi connectivity index (χ1) is 17.2. The lowest BCUT2D eigenvalue weighted by Crippen LogP contribution is -2.05. The molecular formula is C34H27P. The summed E-state index contributed by atoms with van der Waals surface area (Å²) in [6.45, 7) is 4.70. The topological polar surface area (TPSA) is 0 Å². The molecule has 0 nitrogen and oxygen atoms in total. The standard InChI is InChI=1S/C34H27P/c1-35(2)32-19-11-10-18-30(32)31-23-21-26-15-7-9-17-28(26)34(31)33-27-16-8-6-14-25(27)20-22-29(33)24-12-4-3-5-13-24/h3-23H,1-2H3. The highest BCUT2D eigenvalue weighted by Crippen LogP contribution is 2.46. The van der Waals surface area contributed by atoms with Gasteiger partial charge < -0.3 is 0 Å². The van der Waals surface area contributed by atoms with Crippen LogP contribution in [0.2, 0.25) is 0 Å². The summed E-state index contributed by atoms with van der Waals surface area (Å²) in [7, 11) is -0.251. The largest absolute Gasteiger partial charge is 0.0810 e. The highest BCUT2D eigenvalue weighted by atomic mass is 31.1. The molecule has 6 aromatic rings. The number of hydrogen-bond acceptors (Lipinski definition) is 0. The van der Waals surface area contributed by atoms with Crippen LogP contribution in [-0.2, 0) is 0 Å². The molecule has 35 heavy (non-hydrogen) atoms. The van der Waals surface area contributed by atoms with Crippen molar-refractivity contribution < 1.29 is 0 Å². The second kappa shape index (κ2) is 9.14. The Balaban J connectivity index is 1.81. The van der Waals surface area contributed by atoms with Crippen LogP contribution in [0.15, 0.2) is 127 Å². The van der Waals surface area contributed by atoms with E-state index in [0.29, 0.717) is 0 Å². The van der Waals surface area contributed by atoms with Gasteiger partial charge in [0.05, 0.1) is 0 Å². The summed E-state index contributed by atoms with van der Waals surface area (Å²) >= 11 is 0. The van der Waals surface area contributed by atoms with Crippen LogP contribution >= 0.6 is 7.92 Å². The molecule has 0 atom stereocenters. The van der Waals surface area contributed by atoms with Crippen molar-refractivity contribution in [1.29, 1.82) is 0 Å². The first-order valence-corrected chi connectivity index (χ1v) is 14.3. The predicted molar refractivity (Wildman–Crippen MR) is 156 cm³/mol. The Morgan fingerprint density at radius 3 is 1.57 bits per heavy atom. The Kier molecular flexibility index (Phi) is 5.69. The predicted octanol–water partition coefficient (Wildman–Crippen LogP) is 9.36. The molecule has 0 N–H and O–H groups in total. The van der Waals surface area contributed by atoms with Crippen LogP contribution in [0.5, 0.6) is 0 Å². The Bertz CT molecular complexity index is 1660. The minimum atomic E-state index is -0.251. The van der Waals surface area contributed by atoms with Gasteiger partial charge in [-0.25, -0.2) is 0 Å². The summed E-state index contributed by atoms with van der Waals surface area (Å²) in [5.41, 5.74) is 7.80. The van der Waals surface area contributed by atoms with Crippen molar-refractivity contribution in [1.82, 2.24) is 0 Å². The van der Waals surface area contributed by atoms with Gasteiger partial charge in [-0.15, -0.1) is 0 Å². The van der Waals surface area contributed by atoms with Gasteiger partial charge >= 0.3 is 0 Å². The van der Waals surface area contributed by atoms with Crippen molar-refractivity contribution in [3.05, 3.63) is 127 Å². The molecule has 0 spiro atoms. The summed E-state index contributed by atoms with van der Waals surface area (Å²) in [4.78, 5) is 0. The average Bonchev–Trinajstić information content (AvgIpc) is 2.92. The Labute approximate surface area is 208 Å². The van der Waals surface area contributed by atoms with E-state index in [0.717, 1.165) is 0 Å². The SMILES string of the molecule is CP(C)c1ccccc1-c1ccc2ccccc2c1-c1c(-c2ccccc2)ccc2ccccc12. The Hall–Kier alpha value is -3.73. The molecule has 0 aliphatic heterocycles. The van der Waals surface area contributed by atoms with Crippen LogP contribution in [0.25, 0.3) is 54.9 Å². The van der Waals surface area contributed by atoms with Crippen LogP contribution in [-0.4, -0.2) is 13.3 Å². The average molecular weight is 467 g/mol. The molecule has 6 rings (SSSR count). The first-order valence-electron chi connectivity index (χ1n) is 12.1. The lowest BCUT2D eigenvalue weighted by molar-refractivity contribution is 1.61. The van der Waals surface area contributed by atoms with Crippen molar-refractivity contribution in [3.8, 4) is 33.4 Å². The summed E-state index contributed by atoms with van der Waals surface area (Å²) < 4.78 is 0. The fourth-order valence-corrected chi connectivity index (χ4v) is 6.32. The second-order valence-electron chi connectivity index (χ2n) is 9.20. The van der Waals surface area contributed by atoms with Crippen LogP contribution < -0.4 is 5.30 Å². The van der Waals surface area contributed by atoms with Crippen molar-refractivity contribution in [3.63, 3.8) is 0 Å². The Morgan fingerprint density at radius 2 is 0.914 bits per heavy atom. The van der Waals surface area contributed by atoms with E-state index in [4.69, 9.17) is 0 Å². The molecule has 0 aromatic heterocycles. The zero-order valence-electron chi connectivity index (χ0n) is 20.1. The van der Waals surface area contributed by atoms with Gasteiger partial charge in [0, 0.05) is 0 Å². The first kappa shape index (κ1) is 21.8. The quantitative estimate of drug-likeness (QED) is 0.227. The van der Waals surface area contributed by atoms with Gasteiger partial charge in [-0.1, -0.05) is 135 Å². The third-order valence-corrected chi connectivity index (χ3v) is 8.22. The number of fused-ring (bicyclic) bond motifs is 2. The van der Waals surface area contributed by atoms with Crippen molar-refractivity contribution in [2.24, 2.45) is 0 Å². The van der Waals surface area contributed by atoms with E-state index in [1.807, 2.05) is 0 Å². The lowest BCUT2D eigenvalue weighted by atomic mass is 9.83. The Morgan fingerprint density at radius 1 is 0.400 bits per heavy atom. The van der Waals surface area contributed by atoms with E-state index in [1.54, 1.807) is 0 Å². The molecule has 0 saturated heterocycles. The third-order valence-electron chi connectivity index (χ3n) is 6.87. The lowest BCUT2D eigenvalue weighted by Gasteiger charge is -2.22. The van der Waals surface area contributed by atoms with Crippen LogP contribution in [0, 0.1) is 0 Å². The number of rotatable bonds is 4. The van der Waals surface area contributed by atoms with E-state index in [1.165, 1.54) is 60.2 Å². The fraction of sp³-hybridized carbons (Fsp3) is 0.0588. The summed E-state index contributed by atoms with van der Waals surface area (Å²) in [5, 5.41) is 6.57. The van der Waals surface area contributed by atoms with Gasteiger partial charge in [0.2, 0.25) is 0 Å². The molecule has 0 aliphatic rings. The minimum Gasteiger partial charge on any atom is -0.0810 e. The van der Waals surface area contributed by atoms with Crippen LogP contribution in [0.4, 0.5) is 0 Å². The highest BCUT2D eigenvalue weighted by molar-refractivity contribution is 7.64. The fourth-order valence-electron chi connectivity index (χ4n) is 5.26. The molecule has 0 saturated carbocycles. The van der Waals surface area contributed by atoms with Gasteiger partial charge in [-0.3, -0.25) is 0 Å². The van der Waals surface area contributed by atoms with Gasteiger partial charge in [0.1, 0.15) is 0 Å². The molecule has 0 radical (unpaired) electrons. The maximum atomic E-state index is 2.35. The molecule has 1 heteroatoms. The number of benzene rings is 6. The number of hydrogen-bond donors (Lipinski definition) is 0. The summed E-state index contributed by atoms with van der Waals surface area (Å²) in [5.74, 6) is 0. The zero-order chi connectivity index (χ0) is 23.8. The van der Waals surface area contributed by atoms with E-state index in [2.05, 4.69) is 141 Å². The van der Waals surface area contributed by atoms with Crippen molar-refractivity contribution in [2.45, 2.75) is 0 Å². The molecule has 0 heterocycles. The minimum absolute atomic E-state index is 0.251. The summed E-state index contributed by atoms with van der Waals surface area (Å²) in [6.07, 6.45) is 0. The van der Waals surface area contributed by atoms with Gasteiger partial charge in [-0.2, -0.15) is 0 Å². The molecule has 0 bridgehead atoms. The van der Waals surface area contributed by atoms with Crippen molar-refractivity contribution >= 4 is 34.8 Å². The summed E-state index contributed by atoms with van der Waals surface area (Å²) in [6, 6.07) is 46.6. The molecule has 168 valence electrons. The smallest absolute Gasteiger partial charge is 0.00141 e. The molecule has 0 aliphatic carbocycles. The van der Waals surface area contributed by atoms with Crippen molar-refractivity contribution in [2.75, 3.05) is 13.3 Å². The second-order valence-corrected chi connectivity index (χ2v) is 11.5. The normalized spacial score (nSPS) is 11.4. The highest BCUT2D eigenvalue weighted by Gasteiger charge is 2.20. The third kappa shape index (κ3) is 3.85. The maximum Gasteiger partial charge on any atom is -0.00141 e. The van der Waals surface area contributed by atoms with Gasteiger partial charge in [0.25, 0.3) is 0 Å². The van der Waals surface area contributed by atoms with E-state index in [9.17, 15) is 0 Å². The van der Waals surface area contributed by atoms with Gasteiger partial charge in [-0.05, 0) is 73.6 Å². The molecular weight excluding hydrogens is 439 g/mol. The van der Waals surface area contributed by atoms with Gasteiger partial charge in [0.15, 0.2) is 0 Å². The van der Waals surface area contributed by atoms with E-state index in [-0.39, 0.29) is 7.92 Å². The molecule has 6 aromatic carbocycles. The van der Waals surface area contributed by atoms with E-state index >= 15 is 0 Å².